The Hall–Kier alpha value is -2.24. The molecule has 1 nitrogen and oxygen atoms in total. The minimum atomic E-state index is -4.37. The van der Waals surface area contributed by atoms with E-state index in [1.165, 1.54) is 6.07 Å². The summed E-state index contributed by atoms with van der Waals surface area (Å²) >= 11 is 1.67. The number of halogens is 3. The molecule has 3 rings (SSSR count). The molecule has 0 aromatic heterocycles. The van der Waals surface area contributed by atoms with Crippen LogP contribution in [0, 0.1) is 0 Å². The number of nitrogens with two attached hydrogens (primary N) is 1. The van der Waals surface area contributed by atoms with Gasteiger partial charge in [-0.2, -0.15) is 13.2 Å². The molecule has 0 amide bonds. The predicted molar refractivity (Wildman–Crippen MR) is 115 cm³/mol. The van der Waals surface area contributed by atoms with E-state index in [0.717, 1.165) is 11.1 Å². The maximum Gasteiger partial charge on any atom is 0.416 e. The molecule has 3 aromatic carbocycles. The lowest BCUT2D eigenvalue weighted by atomic mass is 9.97. The van der Waals surface area contributed by atoms with Gasteiger partial charge in [-0.25, -0.2) is 0 Å². The first-order valence-electron chi connectivity index (χ1n) is 9.60. The highest BCUT2D eigenvalue weighted by Crippen LogP contribution is 2.38. The van der Waals surface area contributed by atoms with Crippen LogP contribution >= 0.6 is 11.8 Å². The van der Waals surface area contributed by atoms with Crippen molar-refractivity contribution in [1.29, 1.82) is 0 Å². The number of hydrogen-bond acceptors (Lipinski definition) is 2. The summed E-state index contributed by atoms with van der Waals surface area (Å²) in [6.45, 7) is 0.200. The Labute approximate surface area is 174 Å². The van der Waals surface area contributed by atoms with Crippen molar-refractivity contribution in [3.8, 4) is 0 Å². The van der Waals surface area contributed by atoms with E-state index < -0.39 is 11.7 Å². The molecular weight excluding hydrogens is 391 g/mol. The number of thioether (sulfide) groups is 1. The maximum absolute atomic E-state index is 13.7. The number of benzene rings is 3. The van der Waals surface area contributed by atoms with Crippen LogP contribution in [0.4, 0.5) is 13.2 Å². The van der Waals surface area contributed by atoms with Gasteiger partial charge in [0.1, 0.15) is 0 Å². The van der Waals surface area contributed by atoms with Crippen LogP contribution in [0.2, 0.25) is 0 Å². The monoisotopic (exact) mass is 415 g/mol. The Bertz CT molecular complexity index is 856. The minimum Gasteiger partial charge on any atom is -0.330 e. The van der Waals surface area contributed by atoms with Crippen LogP contribution in [0.15, 0.2) is 78.9 Å². The van der Waals surface area contributed by atoms with Gasteiger partial charge in [-0.1, -0.05) is 78.9 Å². The van der Waals surface area contributed by atoms with Crippen LogP contribution < -0.4 is 5.73 Å². The first-order chi connectivity index (χ1) is 14.0. The molecule has 0 saturated heterocycles. The Balaban J connectivity index is 1.81. The molecule has 3 aromatic rings. The first-order valence-corrected chi connectivity index (χ1v) is 10.6. The third kappa shape index (κ3) is 5.64. The maximum atomic E-state index is 13.7. The summed E-state index contributed by atoms with van der Waals surface area (Å²) in [4.78, 5) is 0. The van der Waals surface area contributed by atoms with Crippen molar-refractivity contribution in [2.24, 2.45) is 5.73 Å². The Kier molecular flexibility index (Phi) is 7.40. The summed E-state index contributed by atoms with van der Waals surface area (Å²) in [6.07, 6.45) is -3.79. The van der Waals surface area contributed by atoms with Crippen molar-refractivity contribution in [3.63, 3.8) is 0 Å². The van der Waals surface area contributed by atoms with E-state index in [0.29, 0.717) is 17.7 Å². The van der Waals surface area contributed by atoms with Crippen molar-refractivity contribution in [2.75, 3.05) is 12.3 Å². The normalized spacial score (nSPS) is 11.8. The molecule has 0 fully saturated rings. The lowest BCUT2D eigenvalue weighted by molar-refractivity contribution is -0.138. The fourth-order valence-corrected chi connectivity index (χ4v) is 4.79. The summed E-state index contributed by atoms with van der Waals surface area (Å²) < 4.78 is 41.1. The van der Waals surface area contributed by atoms with Gasteiger partial charge >= 0.3 is 6.18 Å². The van der Waals surface area contributed by atoms with Gasteiger partial charge in [0.15, 0.2) is 0 Å². The molecule has 0 unspecified atom stereocenters. The second-order valence-corrected chi connectivity index (χ2v) is 8.02. The molecule has 152 valence electrons. The first kappa shape index (κ1) is 21.5. The molecule has 5 heteroatoms. The molecular formula is C24H24F3NS. The van der Waals surface area contributed by atoms with Crippen molar-refractivity contribution in [3.05, 3.63) is 107 Å². The summed E-state index contributed by atoms with van der Waals surface area (Å²) in [5.74, 6) is 0.587. The third-order valence-electron chi connectivity index (χ3n) is 4.79. The van der Waals surface area contributed by atoms with E-state index in [1.807, 2.05) is 36.4 Å². The van der Waals surface area contributed by atoms with Crippen molar-refractivity contribution < 1.29 is 13.2 Å². The molecule has 0 saturated carbocycles. The molecule has 0 radical (unpaired) electrons. The topological polar surface area (TPSA) is 26.0 Å². The Morgan fingerprint density at radius 2 is 1.24 bits per heavy atom. The number of hydrogen-bond donors (Lipinski definition) is 1. The van der Waals surface area contributed by atoms with Gasteiger partial charge in [-0.3, -0.25) is 0 Å². The largest absolute Gasteiger partial charge is 0.416 e. The standard InChI is InChI=1S/C24H24F3NS/c25-24(26,27)22-18(14-16-28)12-7-13-19(22)15-17-29-23(20-8-3-1-4-9-20)21-10-5-2-6-11-21/h1-13,23H,14-17,28H2. The number of rotatable bonds is 8. The Morgan fingerprint density at radius 1 is 0.724 bits per heavy atom. The van der Waals surface area contributed by atoms with Crippen LogP contribution in [0.3, 0.4) is 0 Å². The van der Waals surface area contributed by atoms with Crippen molar-refractivity contribution in [2.45, 2.75) is 24.3 Å². The summed E-state index contributed by atoms with van der Waals surface area (Å²) in [5.41, 5.74) is 7.93. The quantitative estimate of drug-likeness (QED) is 0.469. The van der Waals surface area contributed by atoms with Crippen LogP contribution in [-0.2, 0) is 19.0 Å². The highest BCUT2D eigenvalue weighted by atomic mass is 32.2. The minimum absolute atomic E-state index is 0.0824. The zero-order valence-electron chi connectivity index (χ0n) is 16.0. The Morgan fingerprint density at radius 3 is 1.72 bits per heavy atom. The molecule has 0 spiro atoms. The molecule has 0 bridgehead atoms. The SMILES string of the molecule is NCCc1cccc(CCSC(c2ccccc2)c2ccccc2)c1C(F)(F)F. The van der Waals surface area contributed by atoms with Gasteiger partial charge in [0, 0.05) is 0 Å². The van der Waals surface area contributed by atoms with Gasteiger partial charge in [-0.05, 0) is 47.4 Å². The highest BCUT2D eigenvalue weighted by Gasteiger charge is 2.35. The lowest BCUT2D eigenvalue weighted by Gasteiger charge is -2.20. The van der Waals surface area contributed by atoms with Gasteiger partial charge in [-0.15, -0.1) is 11.8 Å². The summed E-state index contributed by atoms with van der Waals surface area (Å²) in [5, 5.41) is 0.0824. The van der Waals surface area contributed by atoms with E-state index in [1.54, 1.807) is 23.9 Å². The number of aryl methyl sites for hydroxylation is 1. The molecule has 0 heterocycles. The summed E-state index contributed by atoms with van der Waals surface area (Å²) in [7, 11) is 0. The van der Waals surface area contributed by atoms with E-state index in [9.17, 15) is 13.2 Å². The molecule has 0 aliphatic rings. The fraction of sp³-hybridized carbons (Fsp3) is 0.250. The fourth-order valence-electron chi connectivity index (χ4n) is 3.52. The zero-order valence-corrected chi connectivity index (χ0v) is 16.8. The van der Waals surface area contributed by atoms with Crippen LogP contribution in [0.5, 0.6) is 0 Å². The van der Waals surface area contributed by atoms with Crippen LogP contribution in [0.1, 0.15) is 33.1 Å². The van der Waals surface area contributed by atoms with E-state index in [2.05, 4.69) is 24.3 Å². The molecule has 29 heavy (non-hydrogen) atoms. The molecule has 0 aliphatic heterocycles. The van der Waals surface area contributed by atoms with Crippen LogP contribution in [0.25, 0.3) is 0 Å². The average Bonchev–Trinajstić information content (AvgIpc) is 2.72. The molecule has 2 N–H and O–H groups in total. The second kappa shape index (κ2) is 9.99. The third-order valence-corrected chi connectivity index (χ3v) is 6.11. The average molecular weight is 416 g/mol. The van der Waals surface area contributed by atoms with Gasteiger partial charge in [0.05, 0.1) is 10.8 Å². The highest BCUT2D eigenvalue weighted by molar-refractivity contribution is 7.99. The van der Waals surface area contributed by atoms with Gasteiger partial charge < -0.3 is 5.73 Å². The predicted octanol–water partition coefficient (Wildman–Crippen LogP) is 6.27. The van der Waals surface area contributed by atoms with Crippen molar-refractivity contribution in [1.82, 2.24) is 0 Å². The number of alkyl halides is 3. The van der Waals surface area contributed by atoms with E-state index in [-0.39, 0.29) is 23.8 Å². The molecule has 0 aliphatic carbocycles. The zero-order chi connectivity index (χ0) is 20.7. The van der Waals surface area contributed by atoms with Crippen molar-refractivity contribution >= 4 is 11.8 Å². The van der Waals surface area contributed by atoms with Gasteiger partial charge in [0.2, 0.25) is 0 Å². The molecule has 0 atom stereocenters. The summed E-state index contributed by atoms with van der Waals surface area (Å²) in [6, 6.07) is 25.0. The second-order valence-electron chi connectivity index (χ2n) is 6.81. The van der Waals surface area contributed by atoms with Crippen LogP contribution in [-0.4, -0.2) is 12.3 Å². The lowest BCUT2D eigenvalue weighted by Crippen LogP contribution is -2.16. The van der Waals surface area contributed by atoms with E-state index >= 15 is 0 Å². The van der Waals surface area contributed by atoms with Gasteiger partial charge in [0.25, 0.3) is 0 Å². The van der Waals surface area contributed by atoms with E-state index in [4.69, 9.17) is 5.73 Å². The smallest absolute Gasteiger partial charge is 0.330 e.